The van der Waals surface area contributed by atoms with Crippen molar-refractivity contribution in [3.63, 3.8) is 0 Å². The highest BCUT2D eigenvalue weighted by Gasteiger charge is 2.13. The predicted octanol–water partition coefficient (Wildman–Crippen LogP) is 2.11. The van der Waals surface area contributed by atoms with E-state index in [0.717, 1.165) is 6.42 Å². The van der Waals surface area contributed by atoms with Crippen LogP contribution in [-0.2, 0) is 4.74 Å². The summed E-state index contributed by atoms with van der Waals surface area (Å²) >= 11 is 0. The minimum absolute atomic E-state index is 0.219. The van der Waals surface area contributed by atoms with Crippen molar-refractivity contribution in [2.24, 2.45) is 5.92 Å². The first-order valence-corrected chi connectivity index (χ1v) is 5.75. The zero-order valence-electron chi connectivity index (χ0n) is 10.7. The molecule has 94 valence electrons. The molecule has 0 spiro atoms. The predicted molar refractivity (Wildman–Crippen MR) is 65.9 cm³/mol. The van der Waals surface area contributed by atoms with Crippen molar-refractivity contribution in [3.8, 4) is 0 Å². The van der Waals surface area contributed by atoms with Gasteiger partial charge < -0.3 is 10.1 Å². The van der Waals surface area contributed by atoms with Crippen molar-refractivity contribution in [1.29, 1.82) is 0 Å². The fourth-order valence-corrected chi connectivity index (χ4v) is 1.57. The van der Waals surface area contributed by atoms with Gasteiger partial charge in [0.05, 0.1) is 19.5 Å². The van der Waals surface area contributed by atoms with E-state index in [4.69, 9.17) is 0 Å². The third-order valence-electron chi connectivity index (χ3n) is 2.61. The van der Waals surface area contributed by atoms with E-state index in [1.165, 1.54) is 13.3 Å². The van der Waals surface area contributed by atoms with Crippen LogP contribution >= 0.6 is 0 Å². The number of hydrogen-bond acceptors (Lipinski definition) is 5. The lowest BCUT2D eigenvalue weighted by atomic mass is 10.0. The first-order chi connectivity index (χ1) is 8.08. The molecule has 0 aromatic carbocycles. The van der Waals surface area contributed by atoms with Gasteiger partial charge >= 0.3 is 5.97 Å². The fraction of sp³-hybridized carbons (Fsp3) is 0.583. The summed E-state index contributed by atoms with van der Waals surface area (Å²) in [5.74, 6) is 0.621. The molecule has 5 heteroatoms. The smallest absolute Gasteiger partial charge is 0.358 e. The molecule has 1 aromatic rings. The van der Waals surface area contributed by atoms with Gasteiger partial charge in [-0.15, -0.1) is 0 Å². The molecule has 0 saturated carbocycles. The van der Waals surface area contributed by atoms with Gasteiger partial charge in [-0.3, -0.25) is 4.98 Å². The molecule has 5 nitrogen and oxygen atoms in total. The molecule has 0 aliphatic carbocycles. The van der Waals surface area contributed by atoms with Crippen LogP contribution in [0.1, 0.15) is 37.7 Å². The van der Waals surface area contributed by atoms with Crippen LogP contribution in [0.5, 0.6) is 0 Å². The van der Waals surface area contributed by atoms with E-state index in [-0.39, 0.29) is 5.69 Å². The molecular formula is C12H19N3O2. The number of ether oxygens (including phenoxy) is 1. The number of hydrogen-bond donors (Lipinski definition) is 1. The van der Waals surface area contributed by atoms with Gasteiger partial charge in [0.25, 0.3) is 0 Å². The van der Waals surface area contributed by atoms with Gasteiger partial charge in [-0.05, 0) is 12.3 Å². The number of rotatable bonds is 5. The Bertz CT molecular complexity index is 380. The van der Waals surface area contributed by atoms with Gasteiger partial charge in [0, 0.05) is 6.04 Å². The number of carbonyl (C=O) groups is 1. The fourth-order valence-electron chi connectivity index (χ4n) is 1.57. The summed E-state index contributed by atoms with van der Waals surface area (Å²) in [5.41, 5.74) is 0.219. The number of carbonyl (C=O) groups excluding carboxylic acids is 1. The monoisotopic (exact) mass is 237 g/mol. The Morgan fingerprint density at radius 2 is 2.18 bits per heavy atom. The molecule has 0 saturated heterocycles. The second-order valence-electron chi connectivity index (χ2n) is 4.18. The average molecular weight is 237 g/mol. The molecule has 1 rings (SSSR count). The lowest BCUT2D eigenvalue weighted by Gasteiger charge is -2.21. The molecule has 0 amide bonds. The van der Waals surface area contributed by atoms with Crippen LogP contribution in [0.15, 0.2) is 12.4 Å². The standard InChI is InChI=1S/C12H19N3O2/c1-5-9(8(2)3)14-11-7-13-6-10(15-11)12(16)17-4/h6-9H,5H2,1-4H3,(H,14,15). The summed E-state index contributed by atoms with van der Waals surface area (Å²) in [6.45, 7) is 6.38. The van der Waals surface area contributed by atoms with Gasteiger partial charge in [0.2, 0.25) is 0 Å². The first kappa shape index (κ1) is 13.4. The molecule has 0 radical (unpaired) electrons. The van der Waals surface area contributed by atoms with Gasteiger partial charge in [-0.25, -0.2) is 9.78 Å². The molecular weight excluding hydrogens is 218 g/mol. The topological polar surface area (TPSA) is 64.1 Å². The van der Waals surface area contributed by atoms with Crippen LogP contribution in [0.4, 0.5) is 5.82 Å². The Balaban J connectivity index is 2.81. The van der Waals surface area contributed by atoms with Crippen molar-refractivity contribution in [2.75, 3.05) is 12.4 Å². The number of nitrogens with zero attached hydrogens (tertiary/aromatic N) is 2. The average Bonchev–Trinajstić information content (AvgIpc) is 2.34. The Hall–Kier alpha value is -1.65. The molecule has 1 unspecified atom stereocenters. The maximum atomic E-state index is 11.3. The molecule has 0 bridgehead atoms. The van der Waals surface area contributed by atoms with Crippen molar-refractivity contribution >= 4 is 11.8 Å². The lowest BCUT2D eigenvalue weighted by Crippen LogP contribution is -2.25. The summed E-state index contributed by atoms with van der Waals surface area (Å²) in [4.78, 5) is 19.4. The van der Waals surface area contributed by atoms with Crippen molar-refractivity contribution < 1.29 is 9.53 Å². The number of esters is 1. The number of anilines is 1. The van der Waals surface area contributed by atoms with E-state index in [0.29, 0.717) is 17.8 Å². The van der Waals surface area contributed by atoms with E-state index in [1.54, 1.807) is 6.20 Å². The van der Waals surface area contributed by atoms with E-state index >= 15 is 0 Å². The first-order valence-electron chi connectivity index (χ1n) is 5.75. The SMILES string of the molecule is CCC(Nc1cncc(C(=O)OC)n1)C(C)C. The molecule has 1 N–H and O–H groups in total. The van der Waals surface area contributed by atoms with Crippen molar-refractivity contribution in [2.45, 2.75) is 33.2 Å². The molecule has 1 heterocycles. The number of aromatic nitrogens is 2. The molecule has 1 aromatic heterocycles. The van der Waals surface area contributed by atoms with E-state index in [9.17, 15) is 4.79 Å². The summed E-state index contributed by atoms with van der Waals surface area (Å²) in [7, 11) is 1.33. The third-order valence-corrected chi connectivity index (χ3v) is 2.61. The minimum atomic E-state index is -0.473. The van der Waals surface area contributed by atoms with Crippen LogP contribution in [0.3, 0.4) is 0 Å². The zero-order chi connectivity index (χ0) is 12.8. The molecule has 0 fully saturated rings. The molecule has 0 aliphatic heterocycles. The van der Waals surface area contributed by atoms with Gasteiger partial charge in [-0.1, -0.05) is 20.8 Å². The van der Waals surface area contributed by atoms with Gasteiger partial charge in [-0.2, -0.15) is 0 Å². The van der Waals surface area contributed by atoms with Gasteiger partial charge in [0.15, 0.2) is 5.69 Å². The Kier molecular flexibility index (Phi) is 4.87. The summed E-state index contributed by atoms with van der Waals surface area (Å²) in [6.07, 6.45) is 3.99. The highest BCUT2D eigenvalue weighted by Crippen LogP contribution is 2.12. The van der Waals surface area contributed by atoms with Crippen LogP contribution in [0.25, 0.3) is 0 Å². The van der Waals surface area contributed by atoms with E-state index in [2.05, 4.69) is 40.8 Å². The van der Waals surface area contributed by atoms with Crippen LogP contribution < -0.4 is 5.32 Å². The molecule has 0 aliphatic rings. The number of methoxy groups -OCH3 is 1. The maximum Gasteiger partial charge on any atom is 0.358 e. The molecule has 1 atom stereocenters. The molecule has 17 heavy (non-hydrogen) atoms. The Labute approximate surface area is 102 Å². The minimum Gasteiger partial charge on any atom is -0.464 e. The summed E-state index contributed by atoms with van der Waals surface area (Å²) < 4.78 is 4.60. The Morgan fingerprint density at radius 3 is 2.71 bits per heavy atom. The second-order valence-corrected chi connectivity index (χ2v) is 4.18. The summed E-state index contributed by atoms with van der Waals surface area (Å²) in [5, 5.41) is 3.27. The highest BCUT2D eigenvalue weighted by atomic mass is 16.5. The highest BCUT2D eigenvalue weighted by molar-refractivity contribution is 5.87. The lowest BCUT2D eigenvalue weighted by molar-refractivity contribution is 0.0593. The van der Waals surface area contributed by atoms with Crippen molar-refractivity contribution in [3.05, 3.63) is 18.1 Å². The largest absolute Gasteiger partial charge is 0.464 e. The quantitative estimate of drug-likeness (QED) is 0.794. The van der Waals surface area contributed by atoms with Crippen LogP contribution in [-0.4, -0.2) is 29.1 Å². The van der Waals surface area contributed by atoms with E-state index in [1.807, 2.05) is 0 Å². The van der Waals surface area contributed by atoms with E-state index < -0.39 is 5.97 Å². The Morgan fingerprint density at radius 1 is 1.47 bits per heavy atom. The second kappa shape index (κ2) is 6.18. The third kappa shape index (κ3) is 3.69. The summed E-state index contributed by atoms with van der Waals surface area (Å²) in [6, 6.07) is 0.317. The number of nitrogens with one attached hydrogen (secondary N) is 1. The zero-order valence-corrected chi connectivity index (χ0v) is 10.7. The van der Waals surface area contributed by atoms with Crippen LogP contribution in [0, 0.1) is 5.92 Å². The maximum absolute atomic E-state index is 11.3. The normalized spacial score (nSPS) is 12.3. The van der Waals surface area contributed by atoms with Gasteiger partial charge in [0.1, 0.15) is 5.82 Å². The van der Waals surface area contributed by atoms with Crippen molar-refractivity contribution in [1.82, 2.24) is 9.97 Å². The van der Waals surface area contributed by atoms with Crippen LogP contribution in [0.2, 0.25) is 0 Å².